The highest BCUT2D eigenvalue weighted by Crippen LogP contribution is 2.19. The highest BCUT2D eigenvalue weighted by atomic mass is 32.2. The summed E-state index contributed by atoms with van der Waals surface area (Å²) in [6.07, 6.45) is 0.411. The fourth-order valence-corrected chi connectivity index (χ4v) is 1.63. The number of nitrogens with zero attached hydrogens (tertiary/aromatic N) is 2. The van der Waals surface area contributed by atoms with Gasteiger partial charge in [-0.05, 0) is 0 Å². The van der Waals surface area contributed by atoms with Gasteiger partial charge in [-0.25, -0.2) is 4.79 Å². The van der Waals surface area contributed by atoms with E-state index in [9.17, 15) is 14.4 Å². The summed E-state index contributed by atoms with van der Waals surface area (Å²) in [6, 6.07) is 0. The molecule has 0 aliphatic carbocycles. The van der Waals surface area contributed by atoms with Crippen LogP contribution in [0.1, 0.15) is 0 Å². The van der Waals surface area contributed by atoms with Crippen molar-refractivity contribution in [1.82, 2.24) is 9.36 Å². The van der Waals surface area contributed by atoms with Gasteiger partial charge in [0.2, 0.25) is 16.7 Å². The molecule has 0 aromatic carbocycles. The average molecular weight is 233 g/mol. The first-order valence-corrected chi connectivity index (χ1v) is 4.71. The predicted molar refractivity (Wildman–Crippen MR) is 48.1 cm³/mol. The number of anilines is 1. The first kappa shape index (κ1) is 10.6. The Labute approximate surface area is 85.7 Å². The van der Waals surface area contributed by atoms with Crippen LogP contribution in [0.25, 0.3) is 0 Å². The molecule has 2 N–H and O–H groups in total. The van der Waals surface area contributed by atoms with Crippen LogP contribution in [-0.4, -0.2) is 32.0 Å². The molecule has 14 heavy (non-hydrogen) atoms. The largest absolute Gasteiger partial charge is 0.475 e. The van der Waals surface area contributed by atoms with Gasteiger partial charge in [-0.15, -0.1) is 0 Å². The van der Waals surface area contributed by atoms with Gasteiger partial charge in [-0.3, -0.25) is 9.59 Å². The Balaban J connectivity index is 2.63. The van der Waals surface area contributed by atoms with Crippen LogP contribution in [0.3, 0.4) is 0 Å². The highest BCUT2D eigenvalue weighted by molar-refractivity contribution is 8.15. The van der Waals surface area contributed by atoms with Crippen LogP contribution < -0.4 is 5.32 Å². The number of amides is 1. The van der Waals surface area contributed by atoms with E-state index >= 15 is 0 Å². The topological polar surface area (TPSA) is 109 Å². The number of rotatable bonds is 3. The zero-order valence-electron chi connectivity index (χ0n) is 6.46. The molecule has 0 atom stereocenters. The average Bonchev–Trinajstić information content (AvgIpc) is 2.53. The Morgan fingerprint density at radius 3 is 2.86 bits per heavy atom. The third-order valence-electron chi connectivity index (χ3n) is 0.948. The molecule has 0 unspecified atom stereocenters. The van der Waals surface area contributed by atoms with Crippen molar-refractivity contribution in [3.63, 3.8) is 0 Å². The van der Waals surface area contributed by atoms with E-state index in [0.29, 0.717) is 18.2 Å². The molecule has 9 heteroatoms. The van der Waals surface area contributed by atoms with Crippen molar-refractivity contribution in [2.24, 2.45) is 0 Å². The molecule has 0 aliphatic rings. The molecule has 0 saturated carbocycles. The number of thioether (sulfide) groups is 1. The highest BCUT2D eigenvalue weighted by Gasteiger charge is 2.16. The SMILES string of the molecule is O=CNc1nc(SC(=O)C(=O)O)ns1. The molecule has 74 valence electrons. The maximum absolute atomic E-state index is 10.7. The Morgan fingerprint density at radius 1 is 1.57 bits per heavy atom. The molecule has 0 spiro atoms. The molecule has 0 aliphatic heterocycles. The first-order chi connectivity index (χ1) is 6.63. The maximum atomic E-state index is 10.7. The fraction of sp³-hybridized carbons (Fsp3) is 0. The number of aliphatic carboxylic acids is 1. The van der Waals surface area contributed by atoms with Crippen LogP contribution in [0, 0.1) is 0 Å². The van der Waals surface area contributed by atoms with Crippen LogP contribution in [-0.2, 0) is 14.4 Å². The number of carbonyl (C=O) groups excluding carboxylic acids is 2. The molecule has 7 nitrogen and oxygen atoms in total. The van der Waals surface area contributed by atoms with Gasteiger partial charge in [0.25, 0.3) is 0 Å². The summed E-state index contributed by atoms with van der Waals surface area (Å²) in [6.45, 7) is 0. The minimum absolute atomic E-state index is 0.00625. The van der Waals surface area contributed by atoms with Crippen LogP contribution in [0.5, 0.6) is 0 Å². The summed E-state index contributed by atoms with van der Waals surface area (Å²) in [4.78, 5) is 34.5. The second kappa shape index (κ2) is 4.67. The minimum atomic E-state index is -1.56. The van der Waals surface area contributed by atoms with Crippen LogP contribution in [0.4, 0.5) is 5.13 Å². The Kier molecular flexibility index (Phi) is 3.54. The Morgan fingerprint density at radius 2 is 2.29 bits per heavy atom. The molecule has 0 radical (unpaired) electrons. The summed E-state index contributed by atoms with van der Waals surface area (Å²) >= 11 is 1.25. The van der Waals surface area contributed by atoms with Gasteiger partial charge in [-0.1, -0.05) is 0 Å². The number of nitrogens with one attached hydrogen (secondary N) is 1. The van der Waals surface area contributed by atoms with Gasteiger partial charge >= 0.3 is 11.1 Å². The van der Waals surface area contributed by atoms with Crippen LogP contribution in [0.15, 0.2) is 5.16 Å². The standard InChI is InChI=1S/C5H3N3O4S2/c9-1-6-4-7-5(8-14-4)13-3(12)2(10)11/h1H,(H,10,11)(H,6,7,8,9). The summed E-state index contributed by atoms with van der Waals surface area (Å²) in [7, 11) is 0. The molecule has 0 bridgehead atoms. The number of hydrogen-bond donors (Lipinski definition) is 2. The van der Waals surface area contributed by atoms with Gasteiger partial charge in [0.1, 0.15) is 0 Å². The molecule has 1 aromatic rings. The lowest BCUT2D eigenvalue weighted by Crippen LogP contribution is -2.07. The van der Waals surface area contributed by atoms with Crippen molar-refractivity contribution in [3.05, 3.63) is 0 Å². The Hall–Kier alpha value is -1.48. The smallest absolute Gasteiger partial charge is 0.384 e. The summed E-state index contributed by atoms with van der Waals surface area (Å²) < 4.78 is 3.65. The number of carboxylic acids is 1. The Bertz CT molecular complexity index is 377. The third-order valence-corrected chi connectivity index (χ3v) is 2.44. The lowest BCUT2D eigenvalue weighted by molar-refractivity contribution is -0.144. The monoisotopic (exact) mass is 233 g/mol. The molecule has 1 rings (SSSR count). The number of hydrogen-bond acceptors (Lipinski definition) is 7. The molecular formula is C5H3N3O4S2. The fourth-order valence-electron chi connectivity index (χ4n) is 0.487. The number of carboxylic acid groups (broad SMARTS) is 1. The van der Waals surface area contributed by atoms with Gasteiger partial charge in [0.15, 0.2) is 0 Å². The van der Waals surface area contributed by atoms with Crippen LogP contribution in [0.2, 0.25) is 0 Å². The normalized spacial score (nSPS) is 9.43. The van der Waals surface area contributed by atoms with E-state index < -0.39 is 11.1 Å². The van der Waals surface area contributed by atoms with E-state index in [4.69, 9.17) is 5.11 Å². The minimum Gasteiger partial charge on any atom is -0.475 e. The van der Waals surface area contributed by atoms with Crippen molar-refractivity contribution < 1.29 is 19.5 Å². The molecule has 1 aromatic heterocycles. The first-order valence-electron chi connectivity index (χ1n) is 3.12. The van der Waals surface area contributed by atoms with Crippen molar-refractivity contribution in [3.8, 4) is 0 Å². The van der Waals surface area contributed by atoms with E-state index in [1.165, 1.54) is 0 Å². The van der Waals surface area contributed by atoms with Crippen LogP contribution >= 0.6 is 23.3 Å². The van der Waals surface area contributed by atoms with E-state index in [-0.39, 0.29) is 10.3 Å². The molecule has 1 amide bonds. The van der Waals surface area contributed by atoms with E-state index in [2.05, 4.69) is 14.7 Å². The molecule has 0 fully saturated rings. The quantitative estimate of drug-likeness (QED) is 0.423. The second-order valence-electron chi connectivity index (χ2n) is 1.84. The van der Waals surface area contributed by atoms with E-state index in [1.807, 2.05) is 0 Å². The lowest BCUT2D eigenvalue weighted by atomic mass is 10.8. The van der Waals surface area contributed by atoms with Gasteiger partial charge < -0.3 is 10.4 Å². The zero-order valence-corrected chi connectivity index (χ0v) is 8.09. The zero-order chi connectivity index (χ0) is 10.6. The molecule has 1 heterocycles. The third kappa shape index (κ3) is 2.78. The van der Waals surface area contributed by atoms with Gasteiger partial charge in [0.05, 0.1) is 0 Å². The van der Waals surface area contributed by atoms with Gasteiger partial charge in [0, 0.05) is 23.3 Å². The van der Waals surface area contributed by atoms with Crippen molar-refractivity contribution in [1.29, 1.82) is 0 Å². The van der Waals surface area contributed by atoms with Crippen molar-refractivity contribution >= 4 is 45.9 Å². The van der Waals surface area contributed by atoms with Crippen molar-refractivity contribution in [2.45, 2.75) is 5.16 Å². The number of carbonyl (C=O) groups is 3. The van der Waals surface area contributed by atoms with Crippen molar-refractivity contribution in [2.75, 3.05) is 5.32 Å². The van der Waals surface area contributed by atoms with E-state index in [0.717, 1.165) is 11.5 Å². The number of aromatic nitrogens is 2. The summed E-state index contributed by atoms with van der Waals surface area (Å²) in [5, 5.41) is 9.63. The summed E-state index contributed by atoms with van der Waals surface area (Å²) in [5.74, 6) is -1.56. The second-order valence-corrected chi connectivity index (χ2v) is 3.53. The molecular weight excluding hydrogens is 230 g/mol. The van der Waals surface area contributed by atoms with Gasteiger partial charge in [-0.2, -0.15) is 9.36 Å². The van der Waals surface area contributed by atoms with E-state index in [1.54, 1.807) is 0 Å². The lowest BCUT2D eigenvalue weighted by Gasteiger charge is -1.88. The summed E-state index contributed by atoms with van der Waals surface area (Å²) in [5.41, 5.74) is 0. The maximum Gasteiger partial charge on any atom is 0.384 e. The molecule has 0 saturated heterocycles. The predicted octanol–water partition coefficient (Wildman–Crippen LogP) is -0.190.